The molecule has 1 aliphatic rings. The van der Waals surface area contributed by atoms with Crippen molar-refractivity contribution in [2.24, 2.45) is 17.8 Å². The van der Waals surface area contributed by atoms with Crippen LogP contribution in [0.3, 0.4) is 0 Å². The SMILES string of the molecule is CCCCCCCCCCCCCCCCNN(C(=O)CCC(C)C)C(CC(C)C)C(=O)NC(/C=C/C(=O)OCC)CC1CCNC1=O. The third-order valence-corrected chi connectivity index (χ3v) is 9.11. The maximum Gasteiger partial charge on any atom is 0.330 e. The highest BCUT2D eigenvalue weighted by molar-refractivity contribution is 5.88. The van der Waals surface area contributed by atoms with Crippen LogP contribution in [-0.2, 0) is 23.9 Å². The highest BCUT2D eigenvalue weighted by Gasteiger charge is 2.33. The standard InChI is InChI=1S/C39H72N4O5/c1-7-9-10-11-12-13-14-15-16-17-18-19-20-21-27-41-43(36(44)24-22-31(3)4)35(29-32(5)6)39(47)42-34(23-25-37(45)48-8-2)30-33-26-28-40-38(33)46/h23,25,31-35,41H,7-22,24,26-30H2,1-6H3,(H,40,46)(H,42,47)/b25-23+. The molecule has 1 heterocycles. The largest absolute Gasteiger partial charge is 0.463 e. The molecule has 3 amide bonds. The number of carbonyl (C=O) groups is 4. The molecule has 1 rings (SSSR count). The molecule has 0 spiro atoms. The van der Waals surface area contributed by atoms with Crippen molar-refractivity contribution in [2.45, 2.75) is 176 Å². The minimum atomic E-state index is -0.716. The summed E-state index contributed by atoms with van der Waals surface area (Å²) in [6.45, 7) is 13.8. The molecule has 0 radical (unpaired) electrons. The van der Waals surface area contributed by atoms with Gasteiger partial charge in [0.25, 0.3) is 0 Å². The Labute approximate surface area is 293 Å². The highest BCUT2D eigenvalue weighted by Crippen LogP contribution is 2.19. The maximum atomic E-state index is 14.0. The zero-order valence-electron chi connectivity index (χ0n) is 31.6. The van der Waals surface area contributed by atoms with Crippen LogP contribution in [0.1, 0.15) is 164 Å². The van der Waals surface area contributed by atoms with E-state index in [2.05, 4.69) is 36.8 Å². The monoisotopic (exact) mass is 677 g/mol. The second-order valence-corrected chi connectivity index (χ2v) is 14.6. The Bertz CT molecular complexity index is 922. The minimum absolute atomic E-state index is 0.0437. The summed E-state index contributed by atoms with van der Waals surface area (Å²) in [6.07, 6.45) is 23.5. The molecule has 0 bridgehead atoms. The molecule has 0 aromatic carbocycles. The average Bonchev–Trinajstić information content (AvgIpc) is 3.45. The maximum absolute atomic E-state index is 14.0. The summed E-state index contributed by atoms with van der Waals surface area (Å²) in [6, 6.07) is -1.27. The molecule has 3 atom stereocenters. The lowest BCUT2D eigenvalue weighted by Crippen LogP contribution is -2.57. The summed E-state index contributed by atoms with van der Waals surface area (Å²) in [5, 5.41) is 7.50. The number of amides is 3. The van der Waals surface area contributed by atoms with Crippen molar-refractivity contribution >= 4 is 23.7 Å². The van der Waals surface area contributed by atoms with Crippen molar-refractivity contribution in [3.8, 4) is 0 Å². The van der Waals surface area contributed by atoms with Gasteiger partial charge in [0.15, 0.2) is 0 Å². The smallest absolute Gasteiger partial charge is 0.330 e. The van der Waals surface area contributed by atoms with Gasteiger partial charge in [-0.15, -0.1) is 0 Å². The van der Waals surface area contributed by atoms with Gasteiger partial charge in [-0.3, -0.25) is 19.4 Å². The number of unbranched alkanes of at least 4 members (excludes halogenated alkanes) is 13. The average molecular weight is 677 g/mol. The number of carbonyl (C=O) groups excluding carboxylic acids is 4. The molecule has 0 saturated carbocycles. The first-order valence-electron chi connectivity index (χ1n) is 19.6. The van der Waals surface area contributed by atoms with Crippen LogP contribution in [0.5, 0.6) is 0 Å². The van der Waals surface area contributed by atoms with Crippen LogP contribution in [-0.4, -0.2) is 60.5 Å². The number of esters is 1. The van der Waals surface area contributed by atoms with Crippen LogP contribution in [0, 0.1) is 17.8 Å². The van der Waals surface area contributed by atoms with Crippen molar-refractivity contribution < 1.29 is 23.9 Å². The Balaban J connectivity index is 2.77. The molecule has 9 heteroatoms. The van der Waals surface area contributed by atoms with E-state index in [0.717, 1.165) is 19.3 Å². The first-order chi connectivity index (χ1) is 23.1. The van der Waals surface area contributed by atoms with Gasteiger partial charge in [0, 0.05) is 37.5 Å². The van der Waals surface area contributed by atoms with Gasteiger partial charge in [-0.2, -0.15) is 0 Å². The molecule has 0 aliphatic carbocycles. The van der Waals surface area contributed by atoms with E-state index in [1.54, 1.807) is 18.0 Å². The Morgan fingerprint density at radius 2 is 1.46 bits per heavy atom. The second kappa shape index (κ2) is 27.4. The number of rotatable bonds is 29. The molecule has 48 heavy (non-hydrogen) atoms. The molecular formula is C39H72N4O5. The minimum Gasteiger partial charge on any atom is -0.463 e. The summed E-state index contributed by atoms with van der Waals surface area (Å²) in [7, 11) is 0. The predicted octanol–water partition coefficient (Wildman–Crippen LogP) is 7.78. The van der Waals surface area contributed by atoms with E-state index in [-0.39, 0.29) is 36.2 Å². The normalized spacial score (nSPS) is 16.0. The van der Waals surface area contributed by atoms with Gasteiger partial charge in [0.2, 0.25) is 17.7 Å². The number of nitrogens with one attached hydrogen (secondary N) is 3. The predicted molar refractivity (Wildman–Crippen MR) is 196 cm³/mol. The molecular weight excluding hydrogens is 604 g/mol. The third-order valence-electron chi connectivity index (χ3n) is 9.11. The molecule has 3 unspecified atom stereocenters. The Morgan fingerprint density at radius 1 is 0.875 bits per heavy atom. The van der Waals surface area contributed by atoms with Crippen molar-refractivity contribution in [1.29, 1.82) is 0 Å². The summed E-state index contributed by atoms with van der Waals surface area (Å²) >= 11 is 0. The Kier molecular flexibility index (Phi) is 24.9. The molecule has 1 fully saturated rings. The van der Waals surface area contributed by atoms with E-state index in [4.69, 9.17) is 4.74 Å². The third kappa shape index (κ3) is 20.8. The van der Waals surface area contributed by atoms with Gasteiger partial charge in [-0.1, -0.05) is 124 Å². The fourth-order valence-corrected chi connectivity index (χ4v) is 6.23. The Morgan fingerprint density at radius 3 is 1.96 bits per heavy atom. The lowest BCUT2D eigenvalue weighted by Gasteiger charge is -2.34. The van der Waals surface area contributed by atoms with Gasteiger partial charge < -0.3 is 15.4 Å². The van der Waals surface area contributed by atoms with E-state index in [9.17, 15) is 19.2 Å². The molecule has 0 aromatic heterocycles. The number of ether oxygens (including phenoxy) is 1. The van der Waals surface area contributed by atoms with Crippen LogP contribution in [0.2, 0.25) is 0 Å². The first kappa shape index (κ1) is 43.6. The molecule has 1 aliphatic heterocycles. The van der Waals surface area contributed by atoms with Crippen molar-refractivity contribution in [1.82, 2.24) is 21.1 Å². The second-order valence-electron chi connectivity index (χ2n) is 14.6. The summed E-state index contributed by atoms with van der Waals surface area (Å²) in [5.41, 5.74) is 3.36. The van der Waals surface area contributed by atoms with Gasteiger partial charge >= 0.3 is 5.97 Å². The van der Waals surface area contributed by atoms with E-state index in [1.807, 2.05) is 13.8 Å². The van der Waals surface area contributed by atoms with Crippen LogP contribution < -0.4 is 16.1 Å². The fourth-order valence-electron chi connectivity index (χ4n) is 6.23. The first-order valence-corrected chi connectivity index (χ1v) is 19.6. The van der Waals surface area contributed by atoms with Crippen LogP contribution in [0.25, 0.3) is 0 Å². The summed E-state index contributed by atoms with van der Waals surface area (Å²) in [4.78, 5) is 52.0. The van der Waals surface area contributed by atoms with Crippen molar-refractivity contribution in [3.63, 3.8) is 0 Å². The number of hydrazine groups is 1. The van der Waals surface area contributed by atoms with E-state index in [1.165, 1.54) is 83.1 Å². The van der Waals surface area contributed by atoms with E-state index < -0.39 is 18.1 Å². The van der Waals surface area contributed by atoms with Gasteiger partial charge in [-0.05, 0) is 50.9 Å². The van der Waals surface area contributed by atoms with Gasteiger partial charge in [-0.25, -0.2) is 10.2 Å². The fraction of sp³-hybridized carbons (Fsp3) is 0.846. The van der Waals surface area contributed by atoms with Crippen molar-refractivity contribution in [2.75, 3.05) is 19.7 Å². The lowest BCUT2D eigenvalue weighted by molar-refractivity contribution is -0.145. The van der Waals surface area contributed by atoms with E-state index >= 15 is 0 Å². The quantitative estimate of drug-likeness (QED) is 0.0323. The molecule has 3 N–H and O–H groups in total. The van der Waals surface area contributed by atoms with Gasteiger partial charge in [0.05, 0.1) is 6.61 Å². The lowest BCUT2D eigenvalue weighted by atomic mass is 9.96. The molecule has 0 aromatic rings. The topological polar surface area (TPSA) is 117 Å². The zero-order chi connectivity index (χ0) is 35.6. The number of nitrogens with zero attached hydrogens (tertiary/aromatic N) is 1. The van der Waals surface area contributed by atoms with Crippen molar-refractivity contribution in [3.05, 3.63) is 12.2 Å². The molecule has 9 nitrogen and oxygen atoms in total. The highest BCUT2D eigenvalue weighted by atomic mass is 16.5. The number of hydrogen-bond donors (Lipinski definition) is 3. The molecule has 1 saturated heterocycles. The summed E-state index contributed by atoms with van der Waals surface area (Å²) < 4.78 is 5.04. The van der Waals surface area contributed by atoms with Crippen LogP contribution in [0.15, 0.2) is 12.2 Å². The zero-order valence-corrected chi connectivity index (χ0v) is 31.6. The Hall–Kier alpha value is -2.42. The van der Waals surface area contributed by atoms with Crippen LogP contribution in [0.4, 0.5) is 0 Å². The van der Waals surface area contributed by atoms with Gasteiger partial charge in [0.1, 0.15) is 6.04 Å². The summed E-state index contributed by atoms with van der Waals surface area (Å²) in [5.74, 6) is -0.625. The molecule has 278 valence electrons. The van der Waals surface area contributed by atoms with Crippen LogP contribution >= 0.6 is 0 Å². The number of hydrogen-bond acceptors (Lipinski definition) is 6. The van der Waals surface area contributed by atoms with E-state index in [0.29, 0.717) is 44.7 Å².